The number of allylic oxidation sites excluding steroid dienone is 1. The van der Waals surface area contributed by atoms with E-state index in [4.69, 9.17) is 11.5 Å². The highest BCUT2D eigenvalue weighted by Gasteiger charge is 2.51. The Balaban J connectivity index is 1.08. The van der Waals surface area contributed by atoms with Gasteiger partial charge in [-0.2, -0.15) is 0 Å². The van der Waals surface area contributed by atoms with Crippen molar-refractivity contribution in [1.82, 2.24) is 35.6 Å². The molecule has 1 saturated carbocycles. The molecule has 0 spiro atoms. The molecule has 4 aliphatic rings. The van der Waals surface area contributed by atoms with E-state index >= 15 is 0 Å². The Labute approximate surface area is 417 Å². The molecule has 8 amide bonds. The van der Waals surface area contributed by atoms with E-state index in [2.05, 4.69) is 53.8 Å². The molecule has 3 aliphatic heterocycles. The monoisotopic (exact) mass is 1030 g/mol. The summed E-state index contributed by atoms with van der Waals surface area (Å²) in [6.07, 6.45) is 10.2. The number of aliphatic hydroxyl groups excluding tert-OH is 1. The van der Waals surface area contributed by atoms with Crippen LogP contribution in [0.1, 0.15) is 107 Å². The van der Waals surface area contributed by atoms with Gasteiger partial charge in [0.25, 0.3) is 5.91 Å². The quantitative estimate of drug-likeness (QED) is 0.0789. The lowest BCUT2D eigenvalue weighted by molar-refractivity contribution is -0.138. The third-order valence-corrected chi connectivity index (χ3v) is 13.6. The second-order valence-electron chi connectivity index (χ2n) is 18.6. The minimum atomic E-state index is -0.991. The van der Waals surface area contributed by atoms with Crippen LogP contribution in [0.25, 0.3) is 6.08 Å². The lowest BCUT2D eigenvalue weighted by Gasteiger charge is -2.33. The third-order valence-electron chi connectivity index (χ3n) is 13.0. The molecule has 1 aromatic heterocycles. The number of amidine groups is 1. The van der Waals surface area contributed by atoms with E-state index in [1.54, 1.807) is 46.9 Å². The van der Waals surface area contributed by atoms with E-state index in [1.165, 1.54) is 0 Å². The van der Waals surface area contributed by atoms with E-state index in [1.807, 2.05) is 31.2 Å². The molecule has 70 heavy (non-hydrogen) atoms. The van der Waals surface area contributed by atoms with Gasteiger partial charge in [0, 0.05) is 81.1 Å². The van der Waals surface area contributed by atoms with E-state index in [0.29, 0.717) is 97.3 Å². The van der Waals surface area contributed by atoms with Gasteiger partial charge in [-0.3, -0.25) is 33.8 Å². The van der Waals surface area contributed by atoms with Crippen molar-refractivity contribution >= 4 is 80.7 Å². The molecule has 1 fully saturated rings. The fourth-order valence-electron chi connectivity index (χ4n) is 9.00. The van der Waals surface area contributed by atoms with Gasteiger partial charge in [-0.1, -0.05) is 45.9 Å². The average molecular weight is 1030 g/mol. The first-order valence-electron chi connectivity index (χ1n) is 24.1. The maximum Gasteiger partial charge on any atom is 0.312 e. The van der Waals surface area contributed by atoms with E-state index in [0.717, 1.165) is 23.2 Å². The Morgan fingerprint density at radius 1 is 1.03 bits per heavy atom. The number of hydrogen-bond donors (Lipinski definition) is 7. The van der Waals surface area contributed by atoms with Crippen LogP contribution in [-0.4, -0.2) is 124 Å². The summed E-state index contributed by atoms with van der Waals surface area (Å²) in [5, 5.41) is 20.9. The number of amides is 8. The molecule has 0 unspecified atom stereocenters. The molecule has 376 valence electrons. The Kier molecular flexibility index (Phi) is 18.1. The van der Waals surface area contributed by atoms with Crippen LogP contribution in [0, 0.1) is 5.92 Å². The first kappa shape index (κ1) is 53.0. The third kappa shape index (κ3) is 13.3. The number of fused-ring (bicyclic) bond motifs is 2. The Bertz CT molecular complexity index is 2460. The maximum atomic E-state index is 14.3. The molecule has 0 radical (unpaired) electrons. The van der Waals surface area contributed by atoms with Crippen molar-refractivity contribution in [3.8, 4) is 0 Å². The summed E-state index contributed by atoms with van der Waals surface area (Å²) in [7, 11) is 0. The van der Waals surface area contributed by atoms with Crippen molar-refractivity contribution in [3.63, 3.8) is 0 Å². The zero-order valence-corrected chi connectivity index (χ0v) is 41.9. The van der Waals surface area contributed by atoms with Crippen LogP contribution in [0.5, 0.6) is 0 Å². The molecule has 2 aromatic rings. The minimum Gasteiger partial charge on any atom is -0.395 e. The summed E-state index contributed by atoms with van der Waals surface area (Å²) < 4.78 is 0.460. The fraction of sp³-hybridized carbons (Fsp3) is 0.500. The van der Waals surface area contributed by atoms with Crippen LogP contribution < -0.4 is 32.7 Å². The van der Waals surface area contributed by atoms with Gasteiger partial charge >= 0.3 is 6.03 Å². The second kappa shape index (κ2) is 23.9. The number of aromatic nitrogens is 1. The van der Waals surface area contributed by atoms with E-state index in [-0.39, 0.29) is 86.8 Å². The second-order valence-corrected chi connectivity index (χ2v) is 19.5. The minimum absolute atomic E-state index is 0.142. The molecule has 0 bridgehead atoms. The standard InChI is InChI=1S/C50H66BrN11O8/c1-5-18-60(21-22-63)45(66)33-24-32-12-13-35(27-40(32)57-41(52)26-33)50(15-16-50)48(69)56-36-25-34-29-61(20-14-38(34)55-28-36)47(68)39(10-9-17-54-49(53)70)58-44(65)43(30(2)3)59-42(64)11-7-6-8-19-62-31(4)23-37(51)46(62)67/h12-13,23-25,27-28,30,39,43,63H,4-11,14-22,26,29H2,1-3H3,(H2,52,57)(H,56,69)(H,58,65)(H,59,64)(H3,53,54,70)/t39-,43-/m0/s1. The number of nitrogens with zero attached hydrogens (tertiary/aromatic N) is 5. The lowest BCUT2D eigenvalue weighted by atomic mass is 9.92. The molecule has 9 N–H and O–H groups in total. The molecule has 6 rings (SSSR count). The average Bonchev–Trinajstić information content (AvgIpc) is 4.12. The zero-order chi connectivity index (χ0) is 50.7. The van der Waals surface area contributed by atoms with Crippen molar-refractivity contribution in [2.24, 2.45) is 22.4 Å². The van der Waals surface area contributed by atoms with Gasteiger partial charge in [0.15, 0.2) is 0 Å². The van der Waals surface area contributed by atoms with Gasteiger partial charge < -0.3 is 52.5 Å². The summed E-state index contributed by atoms with van der Waals surface area (Å²) in [5.74, 6) is -1.78. The number of nitrogens with one attached hydrogen (secondary N) is 4. The Morgan fingerprint density at radius 3 is 2.47 bits per heavy atom. The maximum absolute atomic E-state index is 14.3. The van der Waals surface area contributed by atoms with Crippen molar-refractivity contribution in [2.75, 3.05) is 44.6 Å². The van der Waals surface area contributed by atoms with Crippen LogP contribution in [0.15, 0.2) is 63.9 Å². The predicted molar refractivity (Wildman–Crippen MR) is 269 cm³/mol. The molecule has 1 aromatic carbocycles. The number of pyridine rings is 1. The molecule has 20 heteroatoms. The molecule has 4 heterocycles. The Hall–Kier alpha value is -6.41. The smallest absolute Gasteiger partial charge is 0.312 e. The molecular formula is C50H66BrN11O8. The number of carbonyl (C=O) groups excluding carboxylic acids is 7. The van der Waals surface area contributed by atoms with Gasteiger partial charge in [-0.25, -0.2) is 9.79 Å². The molecule has 19 nitrogen and oxygen atoms in total. The van der Waals surface area contributed by atoms with Crippen LogP contribution in [0.4, 0.5) is 16.2 Å². The topological polar surface area (TPSA) is 275 Å². The van der Waals surface area contributed by atoms with Crippen molar-refractivity contribution < 1.29 is 38.7 Å². The van der Waals surface area contributed by atoms with Gasteiger partial charge in [-0.05, 0) is 102 Å². The highest BCUT2D eigenvalue weighted by Crippen LogP contribution is 2.50. The van der Waals surface area contributed by atoms with E-state index < -0.39 is 29.4 Å². The van der Waals surface area contributed by atoms with Crippen LogP contribution in [0.2, 0.25) is 0 Å². The first-order valence-corrected chi connectivity index (χ1v) is 24.9. The zero-order valence-electron chi connectivity index (χ0n) is 40.3. The fourth-order valence-corrected chi connectivity index (χ4v) is 9.48. The van der Waals surface area contributed by atoms with Gasteiger partial charge in [0.1, 0.15) is 17.9 Å². The molecule has 2 atom stereocenters. The van der Waals surface area contributed by atoms with E-state index in [9.17, 15) is 38.7 Å². The molecule has 1 aliphatic carbocycles. The van der Waals surface area contributed by atoms with Gasteiger partial charge in [0.2, 0.25) is 29.5 Å². The lowest BCUT2D eigenvalue weighted by Crippen LogP contribution is -2.56. The Morgan fingerprint density at radius 2 is 1.80 bits per heavy atom. The number of urea groups is 1. The van der Waals surface area contributed by atoms with Crippen molar-refractivity contribution in [1.29, 1.82) is 0 Å². The number of aliphatic imine (C=N–C) groups is 1. The van der Waals surface area contributed by atoms with Crippen LogP contribution in [-0.2, 0) is 47.1 Å². The molecule has 0 saturated heterocycles. The molecular weight excluding hydrogens is 963 g/mol. The predicted octanol–water partition coefficient (Wildman–Crippen LogP) is 3.91. The number of anilines is 1. The normalized spacial score (nSPS) is 16.7. The summed E-state index contributed by atoms with van der Waals surface area (Å²) in [4.78, 5) is 107. The van der Waals surface area contributed by atoms with Crippen LogP contribution >= 0.6 is 15.9 Å². The highest BCUT2D eigenvalue weighted by molar-refractivity contribution is 9.12. The number of carbonyl (C=O) groups is 7. The summed E-state index contributed by atoms with van der Waals surface area (Å²) in [6.45, 7) is 11.2. The number of aliphatic hydroxyl groups is 1. The number of unbranched alkanes of at least 4 members (excludes halogenated alkanes) is 2. The largest absolute Gasteiger partial charge is 0.395 e. The summed E-state index contributed by atoms with van der Waals surface area (Å²) in [5.41, 5.74) is 15.8. The number of primary amides is 1. The van der Waals surface area contributed by atoms with Gasteiger partial charge in [-0.15, -0.1) is 0 Å². The summed E-state index contributed by atoms with van der Waals surface area (Å²) >= 11 is 3.24. The first-order chi connectivity index (χ1) is 33.4. The number of hydrogen-bond acceptors (Lipinski definition) is 11. The number of nitrogens with two attached hydrogens (primary N) is 2. The summed E-state index contributed by atoms with van der Waals surface area (Å²) in [6, 6.07) is 4.76. The highest BCUT2D eigenvalue weighted by atomic mass is 79.9. The van der Waals surface area contributed by atoms with Crippen LogP contribution in [0.3, 0.4) is 0 Å². The van der Waals surface area contributed by atoms with Crippen molar-refractivity contribution in [3.05, 3.63) is 81.3 Å². The number of rotatable bonds is 23. The van der Waals surface area contributed by atoms with Gasteiger partial charge in [0.05, 0.1) is 34.1 Å². The number of halogens is 1. The van der Waals surface area contributed by atoms with Crippen molar-refractivity contribution in [2.45, 2.75) is 115 Å². The SMILES string of the molecule is C=C1C=C(Br)C(=O)N1CCCCCC(=O)N[C@H](C(=O)N[C@@H](CCCNC(N)=O)C(=O)N1CCc2ncc(NC(=O)C3(c4ccc5c(c4)N=C(N)CC(C(=O)N(CCC)CCO)=C5)CC3)cc2C1)C(C)C. The number of benzene rings is 1.